The lowest BCUT2D eigenvalue weighted by Crippen LogP contribution is -1.90. The molecule has 0 aliphatic heterocycles. The molecule has 0 amide bonds. The third kappa shape index (κ3) is 1.85. The summed E-state index contributed by atoms with van der Waals surface area (Å²) in [5, 5.41) is 0.728. The van der Waals surface area contributed by atoms with Crippen molar-refractivity contribution >= 4 is 23.2 Å². The Hall–Kier alpha value is -0.400. The second-order valence-corrected chi connectivity index (χ2v) is 3.22. The van der Waals surface area contributed by atoms with E-state index in [0.29, 0.717) is 5.88 Å². The maximum atomic E-state index is 5.91. The Morgan fingerprint density at radius 2 is 2.08 bits per heavy atom. The number of benzene rings is 1. The molecule has 0 radical (unpaired) electrons. The molecule has 0 atom stereocenters. The second kappa shape index (κ2) is 4.01. The summed E-state index contributed by atoms with van der Waals surface area (Å²) < 4.78 is 5.13. The van der Waals surface area contributed by atoms with Gasteiger partial charge < -0.3 is 4.74 Å². The molecule has 0 saturated carbocycles. The van der Waals surface area contributed by atoms with Crippen molar-refractivity contribution in [2.75, 3.05) is 7.11 Å². The monoisotopic (exact) mass is 204 g/mol. The summed E-state index contributed by atoms with van der Waals surface area (Å²) in [5.74, 6) is 1.22. The van der Waals surface area contributed by atoms with Gasteiger partial charge >= 0.3 is 0 Å². The third-order valence-electron chi connectivity index (χ3n) is 1.71. The Morgan fingerprint density at radius 3 is 2.58 bits per heavy atom. The van der Waals surface area contributed by atoms with Crippen LogP contribution in [0.2, 0.25) is 5.02 Å². The maximum Gasteiger partial charge on any atom is 0.123 e. The summed E-state index contributed by atoms with van der Waals surface area (Å²) in [6.45, 7) is 1.93. The SMILES string of the molecule is COc1cc(C)c(Cl)cc1CCl. The van der Waals surface area contributed by atoms with Crippen LogP contribution in [0.5, 0.6) is 5.75 Å². The minimum absolute atomic E-state index is 0.420. The smallest absolute Gasteiger partial charge is 0.123 e. The minimum atomic E-state index is 0.420. The molecule has 12 heavy (non-hydrogen) atoms. The normalized spacial score (nSPS) is 10.0. The van der Waals surface area contributed by atoms with Crippen molar-refractivity contribution in [1.29, 1.82) is 0 Å². The van der Waals surface area contributed by atoms with Gasteiger partial charge in [-0.15, -0.1) is 11.6 Å². The van der Waals surface area contributed by atoms with Gasteiger partial charge in [0.1, 0.15) is 5.75 Å². The molecule has 1 rings (SSSR count). The average molecular weight is 205 g/mol. The number of alkyl halides is 1. The molecule has 0 saturated heterocycles. The molecule has 1 aromatic carbocycles. The molecule has 0 aliphatic carbocycles. The van der Waals surface area contributed by atoms with Crippen LogP contribution in [0.3, 0.4) is 0 Å². The highest BCUT2D eigenvalue weighted by Crippen LogP contribution is 2.27. The van der Waals surface area contributed by atoms with Gasteiger partial charge in [-0.2, -0.15) is 0 Å². The number of hydrogen-bond donors (Lipinski definition) is 0. The highest BCUT2D eigenvalue weighted by atomic mass is 35.5. The largest absolute Gasteiger partial charge is 0.496 e. The van der Waals surface area contributed by atoms with Crippen LogP contribution in [-0.4, -0.2) is 7.11 Å². The third-order valence-corrected chi connectivity index (χ3v) is 2.40. The molecule has 1 nitrogen and oxygen atoms in total. The van der Waals surface area contributed by atoms with Gasteiger partial charge in [0.25, 0.3) is 0 Å². The van der Waals surface area contributed by atoms with E-state index in [1.807, 2.05) is 19.1 Å². The Balaban J connectivity index is 3.19. The fraction of sp³-hybridized carbons (Fsp3) is 0.333. The minimum Gasteiger partial charge on any atom is -0.496 e. The van der Waals surface area contributed by atoms with E-state index in [-0.39, 0.29) is 0 Å². The van der Waals surface area contributed by atoms with Crippen LogP contribution in [0.25, 0.3) is 0 Å². The van der Waals surface area contributed by atoms with E-state index >= 15 is 0 Å². The summed E-state index contributed by atoms with van der Waals surface area (Å²) in [7, 11) is 1.62. The molecular weight excluding hydrogens is 195 g/mol. The molecule has 0 bridgehead atoms. The van der Waals surface area contributed by atoms with Gasteiger partial charge in [-0.05, 0) is 24.6 Å². The van der Waals surface area contributed by atoms with Crippen molar-refractivity contribution in [3.8, 4) is 5.75 Å². The number of rotatable bonds is 2. The Kier molecular flexibility index (Phi) is 3.24. The van der Waals surface area contributed by atoms with Gasteiger partial charge in [-0.25, -0.2) is 0 Å². The van der Waals surface area contributed by atoms with Crippen molar-refractivity contribution in [2.24, 2.45) is 0 Å². The topological polar surface area (TPSA) is 9.23 Å². The molecule has 3 heteroatoms. The van der Waals surface area contributed by atoms with Crippen LogP contribution >= 0.6 is 23.2 Å². The number of methoxy groups -OCH3 is 1. The number of halogens is 2. The van der Waals surface area contributed by atoms with Crippen LogP contribution in [-0.2, 0) is 5.88 Å². The Labute approximate surface area is 82.2 Å². The Morgan fingerprint density at radius 1 is 1.42 bits per heavy atom. The maximum absolute atomic E-state index is 5.91. The van der Waals surface area contributed by atoms with E-state index in [9.17, 15) is 0 Å². The first-order valence-corrected chi connectivity index (χ1v) is 4.49. The fourth-order valence-corrected chi connectivity index (χ4v) is 1.39. The predicted octanol–water partition coefficient (Wildman–Crippen LogP) is 3.40. The van der Waals surface area contributed by atoms with E-state index < -0.39 is 0 Å². The summed E-state index contributed by atoms with van der Waals surface area (Å²) in [4.78, 5) is 0. The first kappa shape index (κ1) is 9.69. The first-order valence-electron chi connectivity index (χ1n) is 3.58. The Bertz CT molecular complexity index is 255. The lowest BCUT2D eigenvalue weighted by molar-refractivity contribution is 0.411. The lowest BCUT2D eigenvalue weighted by Gasteiger charge is -2.07. The molecule has 0 heterocycles. The standard InChI is InChI=1S/C9H10Cl2O/c1-6-3-9(12-2)7(5-10)4-8(6)11/h3-4H,5H2,1-2H3. The molecule has 0 unspecified atom stereocenters. The fourth-order valence-electron chi connectivity index (χ4n) is 0.991. The molecule has 0 aliphatic rings. The summed E-state index contributed by atoms with van der Waals surface area (Å²) in [6.07, 6.45) is 0. The van der Waals surface area contributed by atoms with Crippen molar-refractivity contribution in [1.82, 2.24) is 0 Å². The van der Waals surface area contributed by atoms with Crippen LogP contribution < -0.4 is 4.74 Å². The molecule has 1 aromatic rings. The van der Waals surface area contributed by atoms with Crippen LogP contribution in [0.4, 0.5) is 0 Å². The zero-order valence-corrected chi connectivity index (χ0v) is 8.54. The van der Waals surface area contributed by atoms with Crippen molar-refractivity contribution in [3.63, 3.8) is 0 Å². The highest BCUT2D eigenvalue weighted by molar-refractivity contribution is 6.31. The number of aryl methyl sites for hydroxylation is 1. The molecular formula is C9H10Cl2O. The van der Waals surface area contributed by atoms with Crippen molar-refractivity contribution in [2.45, 2.75) is 12.8 Å². The van der Waals surface area contributed by atoms with E-state index in [4.69, 9.17) is 27.9 Å². The van der Waals surface area contributed by atoms with Gasteiger partial charge in [-0.1, -0.05) is 11.6 Å². The molecule has 66 valence electrons. The molecule has 0 fully saturated rings. The van der Waals surface area contributed by atoms with E-state index in [0.717, 1.165) is 21.9 Å². The first-order chi connectivity index (χ1) is 5.69. The zero-order chi connectivity index (χ0) is 9.14. The average Bonchev–Trinajstić information content (AvgIpc) is 2.09. The van der Waals surface area contributed by atoms with Gasteiger partial charge in [0.15, 0.2) is 0 Å². The van der Waals surface area contributed by atoms with E-state index in [2.05, 4.69) is 0 Å². The molecule has 0 spiro atoms. The van der Waals surface area contributed by atoms with Gasteiger partial charge in [0.05, 0.1) is 13.0 Å². The highest BCUT2D eigenvalue weighted by Gasteiger charge is 2.04. The van der Waals surface area contributed by atoms with E-state index in [1.54, 1.807) is 7.11 Å². The molecule has 0 N–H and O–H groups in total. The lowest BCUT2D eigenvalue weighted by atomic mass is 10.1. The van der Waals surface area contributed by atoms with Gasteiger partial charge in [0, 0.05) is 10.6 Å². The van der Waals surface area contributed by atoms with Crippen LogP contribution in [0.15, 0.2) is 12.1 Å². The summed E-state index contributed by atoms with van der Waals surface area (Å²) >= 11 is 11.6. The number of hydrogen-bond acceptors (Lipinski definition) is 1. The van der Waals surface area contributed by atoms with E-state index in [1.165, 1.54) is 0 Å². The predicted molar refractivity (Wildman–Crippen MR) is 52.3 cm³/mol. The van der Waals surface area contributed by atoms with Crippen molar-refractivity contribution < 1.29 is 4.74 Å². The zero-order valence-electron chi connectivity index (χ0n) is 7.03. The second-order valence-electron chi connectivity index (χ2n) is 2.55. The summed E-state index contributed by atoms with van der Waals surface area (Å²) in [6, 6.07) is 3.72. The van der Waals surface area contributed by atoms with Crippen LogP contribution in [0, 0.1) is 6.92 Å². The van der Waals surface area contributed by atoms with Crippen LogP contribution in [0.1, 0.15) is 11.1 Å². The summed E-state index contributed by atoms with van der Waals surface area (Å²) in [5.41, 5.74) is 1.93. The quantitative estimate of drug-likeness (QED) is 0.672. The van der Waals surface area contributed by atoms with Gasteiger partial charge in [0.2, 0.25) is 0 Å². The van der Waals surface area contributed by atoms with Crippen molar-refractivity contribution in [3.05, 3.63) is 28.3 Å². The van der Waals surface area contributed by atoms with Gasteiger partial charge in [-0.3, -0.25) is 0 Å². The number of ether oxygens (including phenoxy) is 1. The molecule has 0 aromatic heterocycles.